The predicted molar refractivity (Wildman–Crippen MR) is 66.6 cm³/mol. The van der Waals surface area contributed by atoms with E-state index >= 15 is 0 Å². The number of hydrogen-bond donors (Lipinski definition) is 1. The molecule has 11 heteroatoms. The highest BCUT2D eigenvalue weighted by molar-refractivity contribution is 7.89. The number of sulfonamides is 1. The number of rotatable bonds is 6. The molecule has 0 radical (unpaired) electrons. The summed E-state index contributed by atoms with van der Waals surface area (Å²) in [6.07, 6.45) is 0. The lowest BCUT2D eigenvalue weighted by molar-refractivity contribution is -0.385. The van der Waals surface area contributed by atoms with Crippen LogP contribution in [-0.4, -0.2) is 39.6 Å². The minimum Gasteiger partial charge on any atom is -0.460 e. The van der Waals surface area contributed by atoms with Crippen LogP contribution in [0.4, 0.5) is 10.1 Å². The molecule has 9 nitrogen and oxygen atoms in total. The molecule has 116 valence electrons. The van der Waals surface area contributed by atoms with Gasteiger partial charge in [0.05, 0.1) is 11.5 Å². The number of ether oxygens (including phenoxy) is 2. The van der Waals surface area contributed by atoms with Crippen LogP contribution in [0.15, 0.2) is 17.0 Å². The largest absolute Gasteiger partial charge is 0.460 e. The Morgan fingerprint density at radius 1 is 1.43 bits per heavy atom. The van der Waals surface area contributed by atoms with E-state index in [4.69, 9.17) is 5.14 Å². The van der Waals surface area contributed by atoms with Crippen molar-refractivity contribution < 1.29 is 32.0 Å². The van der Waals surface area contributed by atoms with Crippen molar-refractivity contribution in [1.29, 1.82) is 0 Å². The second kappa shape index (κ2) is 6.56. The summed E-state index contributed by atoms with van der Waals surface area (Å²) in [5.41, 5.74) is -1.71. The fourth-order valence-electron chi connectivity index (χ4n) is 1.34. The Balaban J connectivity index is 3.34. The van der Waals surface area contributed by atoms with Crippen molar-refractivity contribution in [1.82, 2.24) is 0 Å². The average Bonchev–Trinajstić information content (AvgIpc) is 2.37. The zero-order valence-corrected chi connectivity index (χ0v) is 11.6. The van der Waals surface area contributed by atoms with Gasteiger partial charge in [-0.3, -0.25) is 10.1 Å². The second-order valence-corrected chi connectivity index (χ2v) is 5.27. The van der Waals surface area contributed by atoms with Gasteiger partial charge < -0.3 is 9.47 Å². The normalized spacial score (nSPS) is 11.2. The lowest BCUT2D eigenvalue weighted by Gasteiger charge is -2.07. The zero-order chi connectivity index (χ0) is 16.2. The molecule has 0 unspecified atom stereocenters. The molecule has 0 saturated heterocycles. The molecule has 1 aromatic carbocycles. The van der Waals surface area contributed by atoms with Crippen molar-refractivity contribution in [2.75, 3.05) is 20.3 Å². The first-order valence-electron chi connectivity index (χ1n) is 5.35. The van der Waals surface area contributed by atoms with Gasteiger partial charge in [-0.15, -0.1) is 0 Å². The van der Waals surface area contributed by atoms with Crippen LogP contribution < -0.4 is 5.14 Å². The lowest BCUT2D eigenvalue weighted by Crippen LogP contribution is -2.18. The molecule has 0 aliphatic heterocycles. The van der Waals surface area contributed by atoms with Gasteiger partial charge in [-0.25, -0.2) is 22.7 Å². The zero-order valence-electron chi connectivity index (χ0n) is 10.7. The molecule has 0 bridgehead atoms. The van der Waals surface area contributed by atoms with Gasteiger partial charge in [-0.2, -0.15) is 0 Å². The molecule has 0 aromatic heterocycles. The molecule has 1 aromatic rings. The topological polar surface area (TPSA) is 139 Å². The van der Waals surface area contributed by atoms with Crippen LogP contribution in [0.25, 0.3) is 0 Å². The van der Waals surface area contributed by atoms with Gasteiger partial charge in [0.25, 0.3) is 5.69 Å². The summed E-state index contributed by atoms with van der Waals surface area (Å²) in [7, 11) is -3.25. The predicted octanol–water partition coefficient (Wildman–Crippen LogP) is 0.185. The van der Waals surface area contributed by atoms with Crippen LogP contribution in [0.5, 0.6) is 0 Å². The maximum atomic E-state index is 14.0. The quantitative estimate of drug-likeness (QED) is 0.341. The summed E-state index contributed by atoms with van der Waals surface area (Å²) in [4.78, 5) is 20.2. The Bertz CT molecular complexity index is 674. The summed E-state index contributed by atoms with van der Waals surface area (Å²) in [5, 5.41) is 15.5. The minimum atomic E-state index is -4.58. The number of methoxy groups -OCH3 is 1. The van der Waals surface area contributed by atoms with E-state index in [9.17, 15) is 27.7 Å². The van der Waals surface area contributed by atoms with E-state index in [1.54, 1.807) is 0 Å². The molecule has 0 spiro atoms. The Kier molecular flexibility index (Phi) is 5.29. The number of nitrogens with zero attached hydrogens (tertiary/aromatic N) is 1. The number of nitro groups is 1. The van der Waals surface area contributed by atoms with E-state index in [2.05, 4.69) is 9.47 Å². The Labute approximate surface area is 118 Å². The molecule has 0 aliphatic rings. The Hall–Kier alpha value is -2.11. The van der Waals surface area contributed by atoms with Gasteiger partial charge in [0.1, 0.15) is 17.1 Å². The molecule has 1 rings (SSSR count). The SMILES string of the molecule is COCCOC(=O)c1cc([N+](=O)[O-])cc(S(N)(=O)=O)c1F. The molecular weight excluding hydrogens is 311 g/mol. The number of benzene rings is 1. The fraction of sp³-hybridized carbons (Fsp3) is 0.300. The molecule has 0 heterocycles. The molecule has 0 atom stereocenters. The van der Waals surface area contributed by atoms with E-state index < -0.39 is 42.9 Å². The molecule has 2 N–H and O–H groups in total. The standard InChI is InChI=1S/C10H11FN2O7S/c1-19-2-3-20-10(14)7-4-6(13(15)16)5-8(9(7)11)21(12,17)18/h4-5H,2-3H2,1H3,(H2,12,17,18). The van der Waals surface area contributed by atoms with Crippen molar-refractivity contribution in [3.63, 3.8) is 0 Å². The van der Waals surface area contributed by atoms with Crippen molar-refractivity contribution in [3.05, 3.63) is 33.6 Å². The molecule has 0 fully saturated rings. The molecule has 0 saturated carbocycles. The number of nitrogens with two attached hydrogens (primary N) is 1. The van der Waals surface area contributed by atoms with Gasteiger partial charge >= 0.3 is 5.97 Å². The van der Waals surface area contributed by atoms with Crippen LogP contribution in [-0.2, 0) is 19.5 Å². The van der Waals surface area contributed by atoms with Crippen LogP contribution in [0, 0.1) is 15.9 Å². The third-order valence-corrected chi connectivity index (χ3v) is 3.19. The number of primary sulfonamides is 1. The highest BCUT2D eigenvalue weighted by Gasteiger charge is 2.27. The van der Waals surface area contributed by atoms with Crippen LogP contribution in [0.3, 0.4) is 0 Å². The molecule has 0 aliphatic carbocycles. The summed E-state index contributed by atoms with van der Waals surface area (Å²) >= 11 is 0. The summed E-state index contributed by atoms with van der Waals surface area (Å²) in [6, 6.07) is 0.996. The Morgan fingerprint density at radius 2 is 2.05 bits per heavy atom. The van der Waals surface area contributed by atoms with Gasteiger partial charge in [0.15, 0.2) is 5.82 Å². The summed E-state index contributed by atoms with van der Waals surface area (Å²) < 4.78 is 45.6. The smallest absolute Gasteiger partial charge is 0.341 e. The maximum absolute atomic E-state index is 14.0. The van der Waals surface area contributed by atoms with Crippen LogP contribution in [0.2, 0.25) is 0 Å². The van der Waals surface area contributed by atoms with Crippen LogP contribution in [0.1, 0.15) is 10.4 Å². The van der Waals surface area contributed by atoms with E-state index in [-0.39, 0.29) is 13.2 Å². The van der Waals surface area contributed by atoms with E-state index in [1.807, 2.05) is 0 Å². The highest BCUT2D eigenvalue weighted by Crippen LogP contribution is 2.25. The number of hydrogen-bond acceptors (Lipinski definition) is 7. The van der Waals surface area contributed by atoms with Crippen molar-refractivity contribution >= 4 is 21.7 Å². The van der Waals surface area contributed by atoms with Gasteiger partial charge in [0.2, 0.25) is 10.0 Å². The number of non-ortho nitro benzene ring substituents is 1. The maximum Gasteiger partial charge on any atom is 0.341 e. The Morgan fingerprint density at radius 3 is 2.52 bits per heavy atom. The first-order chi connectivity index (χ1) is 9.68. The first-order valence-corrected chi connectivity index (χ1v) is 6.90. The van der Waals surface area contributed by atoms with Crippen molar-refractivity contribution in [2.24, 2.45) is 5.14 Å². The molecule has 0 amide bonds. The number of esters is 1. The highest BCUT2D eigenvalue weighted by atomic mass is 32.2. The van der Waals surface area contributed by atoms with Gasteiger partial charge in [-0.1, -0.05) is 0 Å². The number of carbonyl (C=O) groups is 1. The minimum absolute atomic E-state index is 0.0182. The number of carbonyl (C=O) groups excluding carboxylic acids is 1. The number of halogens is 1. The van der Waals surface area contributed by atoms with E-state index in [0.717, 1.165) is 0 Å². The third-order valence-electron chi connectivity index (χ3n) is 2.28. The average molecular weight is 322 g/mol. The summed E-state index contributed by atoms with van der Waals surface area (Å²) in [6.45, 7) is -0.216. The lowest BCUT2D eigenvalue weighted by atomic mass is 10.2. The molecule has 21 heavy (non-hydrogen) atoms. The van der Waals surface area contributed by atoms with E-state index in [0.29, 0.717) is 12.1 Å². The van der Waals surface area contributed by atoms with Crippen molar-refractivity contribution in [2.45, 2.75) is 4.90 Å². The van der Waals surface area contributed by atoms with E-state index in [1.165, 1.54) is 7.11 Å². The molecular formula is C10H11FN2O7S. The monoisotopic (exact) mass is 322 g/mol. The summed E-state index contributed by atoms with van der Waals surface area (Å²) in [5.74, 6) is -2.77. The van der Waals surface area contributed by atoms with Gasteiger partial charge in [-0.05, 0) is 0 Å². The second-order valence-electron chi connectivity index (χ2n) is 3.74. The van der Waals surface area contributed by atoms with Crippen molar-refractivity contribution in [3.8, 4) is 0 Å². The van der Waals surface area contributed by atoms with Crippen LogP contribution >= 0.6 is 0 Å². The first kappa shape index (κ1) is 16.9. The third kappa shape index (κ3) is 4.18. The fourth-order valence-corrected chi connectivity index (χ4v) is 1.98. The number of nitro benzene ring substituents is 1. The van der Waals surface area contributed by atoms with Gasteiger partial charge in [0, 0.05) is 19.2 Å².